The third kappa shape index (κ3) is 4.77. The number of thioether (sulfide) groups is 1. The van der Waals surface area contributed by atoms with E-state index in [-0.39, 0.29) is 11.2 Å². The molecule has 0 aromatic carbocycles. The standard InChI is InChI=1S/C15H19BN2O3.C7H15NS/c1-10-6-11(7-13-8-12(9-19)17-18(10)13)16-20-14(2,3)15(4,5)21-16;1-7(8-2)3-5-9-6-4-7/h6-9H,1-5H3;8H,3-6H2,1-2H3. The lowest BCUT2D eigenvalue weighted by molar-refractivity contribution is 0.00578. The van der Waals surface area contributed by atoms with E-state index in [9.17, 15) is 4.79 Å². The van der Waals surface area contributed by atoms with E-state index in [4.69, 9.17) is 9.31 Å². The number of rotatable bonds is 3. The molecule has 4 heterocycles. The number of hydrogen-bond donors (Lipinski definition) is 1. The van der Waals surface area contributed by atoms with Gasteiger partial charge in [-0.1, -0.05) is 0 Å². The molecule has 30 heavy (non-hydrogen) atoms. The van der Waals surface area contributed by atoms with Gasteiger partial charge in [-0.3, -0.25) is 4.79 Å². The fourth-order valence-corrected chi connectivity index (χ4v) is 4.95. The fourth-order valence-electron chi connectivity index (χ4n) is 3.56. The van der Waals surface area contributed by atoms with E-state index in [0.717, 1.165) is 23.0 Å². The van der Waals surface area contributed by atoms with Crippen LogP contribution in [0, 0.1) is 6.92 Å². The summed E-state index contributed by atoms with van der Waals surface area (Å²) in [5.74, 6) is 2.66. The number of aromatic nitrogens is 2. The second kappa shape index (κ2) is 8.65. The van der Waals surface area contributed by atoms with E-state index in [1.165, 1.54) is 24.3 Å². The number of nitrogens with one attached hydrogen (secondary N) is 1. The Bertz CT molecular complexity index is 890. The average molecular weight is 431 g/mol. The molecule has 2 saturated heterocycles. The van der Waals surface area contributed by atoms with Crippen molar-refractivity contribution in [3.63, 3.8) is 0 Å². The van der Waals surface area contributed by atoms with Crippen molar-refractivity contribution in [2.24, 2.45) is 0 Å². The molecule has 0 saturated carbocycles. The van der Waals surface area contributed by atoms with Gasteiger partial charge in [0, 0.05) is 11.2 Å². The minimum Gasteiger partial charge on any atom is -0.399 e. The maximum Gasteiger partial charge on any atom is 0.494 e. The molecule has 164 valence electrons. The van der Waals surface area contributed by atoms with Gasteiger partial charge >= 0.3 is 7.12 Å². The van der Waals surface area contributed by atoms with E-state index >= 15 is 0 Å². The Labute approximate surface area is 184 Å². The van der Waals surface area contributed by atoms with Crippen LogP contribution in [0.15, 0.2) is 18.2 Å². The molecule has 0 bridgehead atoms. The number of carbonyl (C=O) groups is 1. The zero-order valence-electron chi connectivity index (χ0n) is 19.2. The molecule has 2 aliphatic rings. The lowest BCUT2D eigenvalue weighted by Crippen LogP contribution is -2.42. The SMILES string of the molecule is CNC1(C)CCSCC1.Cc1cc(B2OC(C)(C)C(C)(C)O2)cc2cc(C=O)nn12. The van der Waals surface area contributed by atoms with E-state index in [0.29, 0.717) is 11.2 Å². The Hall–Kier alpha value is -1.35. The molecule has 2 aromatic heterocycles. The molecule has 8 heteroatoms. The number of nitrogens with zero attached hydrogens (tertiary/aromatic N) is 2. The highest BCUT2D eigenvalue weighted by Crippen LogP contribution is 2.36. The number of pyridine rings is 1. The molecule has 0 radical (unpaired) electrons. The Kier molecular flexibility index (Phi) is 6.73. The van der Waals surface area contributed by atoms with E-state index < -0.39 is 7.12 Å². The maximum atomic E-state index is 10.9. The van der Waals surface area contributed by atoms with E-state index in [2.05, 4.69) is 36.1 Å². The predicted octanol–water partition coefficient (Wildman–Crippen LogP) is 3.25. The van der Waals surface area contributed by atoms with Crippen molar-refractivity contribution in [3.05, 3.63) is 29.6 Å². The predicted molar refractivity (Wildman–Crippen MR) is 125 cm³/mol. The first kappa shape index (κ1) is 23.3. The van der Waals surface area contributed by atoms with Crippen molar-refractivity contribution in [1.29, 1.82) is 0 Å². The highest BCUT2D eigenvalue weighted by Gasteiger charge is 2.51. The van der Waals surface area contributed by atoms with Crippen LogP contribution in [0.3, 0.4) is 0 Å². The van der Waals surface area contributed by atoms with Crippen LogP contribution in [0.2, 0.25) is 0 Å². The van der Waals surface area contributed by atoms with Crippen molar-refractivity contribution in [2.45, 2.75) is 71.1 Å². The molecule has 0 aliphatic carbocycles. The van der Waals surface area contributed by atoms with Gasteiger partial charge in [-0.15, -0.1) is 0 Å². The number of hydrogen-bond acceptors (Lipinski definition) is 6. The van der Waals surface area contributed by atoms with Crippen LogP contribution >= 0.6 is 11.8 Å². The Balaban J connectivity index is 0.000000239. The summed E-state index contributed by atoms with van der Waals surface area (Å²) in [6.45, 7) is 12.4. The zero-order valence-corrected chi connectivity index (χ0v) is 20.1. The first-order chi connectivity index (χ1) is 14.0. The lowest BCUT2D eigenvalue weighted by Gasteiger charge is -2.32. The zero-order chi connectivity index (χ0) is 22.2. The molecule has 0 amide bonds. The first-order valence-electron chi connectivity index (χ1n) is 10.6. The van der Waals surface area contributed by atoms with Crippen LogP contribution in [0.25, 0.3) is 5.52 Å². The molecule has 2 aliphatic heterocycles. The van der Waals surface area contributed by atoms with Gasteiger partial charge in [0.2, 0.25) is 0 Å². The van der Waals surface area contributed by atoms with Crippen molar-refractivity contribution in [1.82, 2.24) is 14.9 Å². The summed E-state index contributed by atoms with van der Waals surface area (Å²) in [6.07, 6.45) is 3.41. The highest BCUT2D eigenvalue weighted by molar-refractivity contribution is 7.99. The highest BCUT2D eigenvalue weighted by atomic mass is 32.2. The largest absolute Gasteiger partial charge is 0.494 e. The Morgan fingerprint density at radius 3 is 2.20 bits per heavy atom. The molecule has 2 fully saturated rings. The monoisotopic (exact) mass is 431 g/mol. The summed E-state index contributed by atoms with van der Waals surface area (Å²) in [5.41, 5.74) is 2.87. The molecule has 0 atom stereocenters. The quantitative estimate of drug-likeness (QED) is 0.595. The second-order valence-corrected chi connectivity index (χ2v) is 10.7. The molecule has 0 spiro atoms. The number of aldehydes is 1. The van der Waals surface area contributed by atoms with Crippen LogP contribution in [0.4, 0.5) is 0 Å². The number of carbonyl (C=O) groups excluding carboxylic acids is 1. The van der Waals surface area contributed by atoms with Gasteiger partial charge in [0.1, 0.15) is 5.69 Å². The minimum absolute atomic E-state index is 0.369. The second-order valence-electron chi connectivity index (χ2n) is 9.47. The van der Waals surface area contributed by atoms with Crippen molar-refractivity contribution >= 4 is 36.1 Å². The topological polar surface area (TPSA) is 64.9 Å². The molecule has 6 nitrogen and oxygen atoms in total. The van der Waals surface area contributed by atoms with E-state index in [1.54, 1.807) is 10.6 Å². The molecule has 4 rings (SSSR count). The lowest BCUT2D eigenvalue weighted by atomic mass is 9.79. The fraction of sp³-hybridized carbons (Fsp3) is 0.636. The van der Waals surface area contributed by atoms with Gasteiger partial charge in [0.15, 0.2) is 6.29 Å². The van der Waals surface area contributed by atoms with Gasteiger partial charge in [0.25, 0.3) is 0 Å². The normalized spacial score (nSPS) is 21.9. The molecular weight excluding hydrogens is 397 g/mol. The van der Waals surface area contributed by atoms with Gasteiger partial charge in [-0.2, -0.15) is 16.9 Å². The smallest absolute Gasteiger partial charge is 0.399 e. The maximum absolute atomic E-state index is 10.9. The minimum atomic E-state index is -0.409. The van der Waals surface area contributed by atoms with Crippen molar-refractivity contribution in [3.8, 4) is 0 Å². The van der Waals surface area contributed by atoms with Gasteiger partial charge in [0.05, 0.1) is 16.7 Å². The molecule has 1 N–H and O–H groups in total. The summed E-state index contributed by atoms with van der Waals surface area (Å²) in [6, 6.07) is 5.70. The van der Waals surface area contributed by atoms with Crippen LogP contribution < -0.4 is 10.8 Å². The summed E-state index contributed by atoms with van der Waals surface area (Å²) >= 11 is 2.07. The third-order valence-electron chi connectivity index (χ3n) is 6.63. The van der Waals surface area contributed by atoms with Crippen LogP contribution in [-0.4, -0.2) is 58.3 Å². The van der Waals surface area contributed by atoms with Crippen LogP contribution in [-0.2, 0) is 9.31 Å². The van der Waals surface area contributed by atoms with Gasteiger partial charge < -0.3 is 14.6 Å². The van der Waals surface area contributed by atoms with Gasteiger partial charge in [-0.25, -0.2) is 4.52 Å². The first-order valence-corrected chi connectivity index (χ1v) is 11.7. The number of fused-ring (bicyclic) bond motifs is 1. The summed E-state index contributed by atoms with van der Waals surface area (Å²) in [5, 5.41) is 7.59. The molecule has 2 aromatic rings. The summed E-state index contributed by atoms with van der Waals surface area (Å²) in [4.78, 5) is 10.9. The molecule has 0 unspecified atom stereocenters. The van der Waals surface area contributed by atoms with Crippen molar-refractivity contribution in [2.75, 3.05) is 18.6 Å². The number of aryl methyl sites for hydroxylation is 1. The average Bonchev–Trinajstić information content (AvgIpc) is 3.21. The summed E-state index contributed by atoms with van der Waals surface area (Å²) in [7, 11) is 1.66. The Morgan fingerprint density at radius 1 is 1.10 bits per heavy atom. The van der Waals surface area contributed by atoms with Crippen molar-refractivity contribution < 1.29 is 14.1 Å². The molecular formula is C22H34BN3O3S. The Morgan fingerprint density at radius 2 is 1.70 bits per heavy atom. The van der Waals surface area contributed by atoms with E-state index in [1.807, 2.05) is 46.8 Å². The van der Waals surface area contributed by atoms with Crippen LogP contribution in [0.5, 0.6) is 0 Å². The third-order valence-corrected chi connectivity index (χ3v) is 7.61. The van der Waals surface area contributed by atoms with Gasteiger partial charge in [-0.05, 0) is 96.6 Å². The van der Waals surface area contributed by atoms with Crippen LogP contribution in [0.1, 0.15) is 63.6 Å². The summed E-state index contributed by atoms with van der Waals surface area (Å²) < 4.78 is 13.9.